The zero-order valence-electron chi connectivity index (χ0n) is 14.1. The normalized spacial score (nSPS) is 16.4. The molecule has 0 aromatic heterocycles. The number of aromatic carboxylic acids is 1. The first-order valence-corrected chi connectivity index (χ1v) is 8.06. The number of carbonyl (C=O) groups is 3. The van der Waals surface area contributed by atoms with Crippen molar-refractivity contribution in [2.45, 2.75) is 6.42 Å². The Morgan fingerprint density at radius 2 is 1.77 bits per heavy atom. The van der Waals surface area contributed by atoms with E-state index in [0.29, 0.717) is 18.0 Å². The van der Waals surface area contributed by atoms with Crippen LogP contribution in [0.25, 0.3) is 0 Å². The average Bonchev–Trinajstić information content (AvgIpc) is 3.04. The summed E-state index contributed by atoms with van der Waals surface area (Å²) in [7, 11) is 1.57. The fourth-order valence-corrected chi connectivity index (χ4v) is 2.84. The second-order valence-electron chi connectivity index (χ2n) is 5.98. The van der Waals surface area contributed by atoms with Crippen LogP contribution in [0, 0.1) is 5.92 Å². The number of amides is 2. The highest BCUT2D eigenvalue weighted by Crippen LogP contribution is 2.27. The highest BCUT2D eigenvalue weighted by atomic mass is 16.5. The standard InChI is InChI=1S/C19H18N2O5/c1-26-16-8-6-15(7-9-16)21-11-13(10-17(21)22)18(23)20-14-4-2-12(3-5-14)19(24)25/h2-9,13H,10-11H2,1H3,(H,20,23)(H,24,25). The van der Waals surface area contributed by atoms with Crippen LogP contribution in [0.5, 0.6) is 5.75 Å². The van der Waals surface area contributed by atoms with E-state index >= 15 is 0 Å². The van der Waals surface area contributed by atoms with Gasteiger partial charge in [0, 0.05) is 24.3 Å². The predicted molar refractivity (Wildman–Crippen MR) is 95.5 cm³/mol. The molecular weight excluding hydrogens is 336 g/mol. The van der Waals surface area contributed by atoms with Crippen LogP contribution in [-0.4, -0.2) is 36.5 Å². The van der Waals surface area contributed by atoms with Gasteiger partial charge in [0.2, 0.25) is 11.8 Å². The quantitative estimate of drug-likeness (QED) is 0.859. The molecule has 26 heavy (non-hydrogen) atoms. The van der Waals surface area contributed by atoms with Crippen molar-refractivity contribution in [1.29, 1.82) is 0 Å². The number of rotatable bonds is 5. The number of carboxylic acids is 1. The number of anilines is 2. The van der Waals surface area contributed by atoms with Gasteiger partial charge in [-0.3, -0.25) is 9.59 Å². The van der Waals surface area contributed by atoms with Crippen molar-refractivity contribution in [3.63, 3.8) is 0 Å². The van der Waals surface area contributed by atoms with Gasteiger partial charge in [0.05, 0.1) is 18.6 Å². The molecule has 2 N–H and O–H groups in total. The Morgan fingerprint density at radius 3 is 2.35 bits per heavy atom. The van der Waals surface area contributed by atoms with Gasteiger partial charge in [-0.1, -0.05) is 0 Å². The van der Waals surface area contributed by atoms with Crippen molar-refractivity contribution in [1.82, 2.24) is 0 Å². The third-order valence-electron chi connectivity index (χ3n) is 4.28. The van der Waals surface area contributed by atoms with Crippen molar-refractivity contribution in [3.8, 4) is 5.75 Å². The van der Waals surface area contributed by atoms with Crippen LogP contribution in [0.3, 0.4) is 0 Å². The first-order chi connectivity index (χ1) is 12.5. The molecule has 0 aliphatic carbocycles. The average molecular weight is 354 g/mol. The van der Waals surface area contributed by atoms with Crippen LogP contribution < -0.4 is 15.0 Å². The maximum atomic E-state index is 12.4. The second kappa shape index (κ2) is 7.26. The van der Waals surface area contributed by atoms with E-state index in [4.69, 9.17) is 9.84 Å². The first kappa shape index (κ1) is 17.5. The van der Waals surface area contributed by atoms with Crippen molar-refractivity contribution in [2.24, 2.45) is 5.92 Å². The highest BCUT2D eigenvalue weighted by molar-refractivity contribution is 6.03. The first-order valence-electron chi connectivity index (χ1n) is 8.06. The summed E-state index contributed by atoms with van der Waals surface area (Å²) in [5.74, 6) is -1.18. The Balaban J connectivity index is 1.65. The van der Waals surface area contributed by atoms with Crippen molar-refractivity contribution in [3.05, 3.63) is 54.1 Å². The zero-order chi connectivity index (χ0) is 18.7. The van der Waals surface area contributed by atoms with E-state index < -0.39 is 11.9 Å². The minimum Gasteiger partial charge on any atom is -0.497 e. The van der Waals surface area contributed by atoms with Crippen LogP contribution in [0.1, 0.15) is 16.8 Å². The van der Waals surface area contributed by atoms with Gasteiger partial charge >= 0.3 is 5.97 Å². The summed E-state index contributed by atoms with van der Waals surface area (Å²) in [6.45, 7) is 0.296. The van der Waals surface area contributed by atoms with Gasteiger partial charge in [-0.25, -0.2) is 4.79 Å². The Kier molecular flexibility index (Phi) is 4.88. The van der Waals surface area contributed by atoms with Crippen molar-refractivity contribution in [2.75, 3.05) is 23.9 Å². The molecule has 134 valence electrons. The Bertz CT molecular complexity index is 830. The highest BCUT2D eigenvalue weighted by Gasteiger charge is 2.35. The van der Waals surface area contributed by atoms with Crippen LogP contribution in [-0.2, 0) is 9.59 Å². The lowest BCUT2D eigenvalue weighted by Crippen LogP contribution is -2.28. The molecule has 2 amide bonds. The molecule has 3 rings (SSSR count). The zero-order valence-corrected chi connectivity index (χ0v) is 14.1. The number of ether oxygens (including phenoxy) is 1. The van der Waals surface area contributed by atoms with E-state index in [-0.39, 0.29) is 23.8 Å². The summed E-state index contributed by atoms with van der Waals surface area (Å²) in [5, 5.41) is 11.6. The lowest BCUT2D eigenvalue weighted by molar-refractivity contribution is -0.122. The fourth-order valence-electron chi connectivity index (χ4n) is 2.84. The van der Waals surface area contributed by atoms with Crippen LogP contribution in [0.4, 0.5) is 11.4 Å². The van der Waals surface area contributed by atoms with Gasteiger partial charge in [-0.15, -0.1) is 0 Å². The van der Waals surface area contributed by atoms with Crippen molar-refractivity contribution >= 4 is 29.2 Å². The number of carboxylic acid groups (broad SMARTS) is 1. The molecule has 0 radical (unpaired) electrons. The maximum Gasteiger partial charge on any atom is 0.335 e. The van der Waals surface area contributed by atoms with E-state index in [0.717, 1.165) is 5.69 Å². The third kappa shape index (κ3) is 3.66. The SMILES string of the molecule is COc1ccc(N2CC(C(=O)Nc3ccc(C(=O)O)cc3)CC2=O)cc1. The predicted octanol–water partition coefficient (Wildman–Crippen LogP) is 2.39. The molecule has 7 heteroatoms. The lowest BCUT2D eigenvalue weighted by atomic mass is 10.1. The molecule has 0 spiro atoms. The van der Waals surface area contributed by atoms with E-state index in [1.807, 2.05) is 0 Å². The molecule has 2 aromatic carbocycles. The van der Waals surface area contributed by atoms with Crippen LogP contribution in [0.15, 0.2) is 48.5 Å². The molecule has 1 unspecified atom stereocenters. The molecular formula is C19H18N2O5. The minimum atomic E-state index is -1.03. The van der Waals surface area contributed by atoms with Gasteiger partial charge in [0.1, 0.15) is 5.75 Å². The van der Waals surface area contributed by atoms with Gasteiger partial charge in [0.25, 0.3) is 0 Å². The van der Waals surface area contributed by atoms with Gasteiger partial charge in [-0.2, -0.15) is 0 Å². The Morgan fingerprint density at radius 1 is 1.12 bits per heavy atom. The van der Waals surface area contributed by atoms with E-state index in [2.05, 4.69) is 5.32 Å². The second-order valence-corrected chi connectivity index (χ2v) is 5.98. The molecule has 0 saturated carbocycles. The number of benzene rings is 2. The number of carbonyl (C=O) groups excluding carboxylic acids is 2. The maximum absolute atomic E-state index is 12.4. The van der Waals surface area contributed by atoms with Gasteiger partial charge in [-0.05, 0) is 48.5 Å². The number of nitrogens with one attached hydrogen (secondary N) is 1. The topological polar surface area (TPSA) is 95.9 Å². The third-order valence-corrected chi connectivity index (χ3v) is 4.28. The number of hydrogen-bond acceptors (Lipinski definition) is 4. The molecule has 1 aliphatic heterocycles. The molecule has 0 bridgehead atoms. The van der Waals surface area contributed by atoms with E-state index in [1.54, 1.807) is 36.3 Å². The minimum absolute atomic E-state index is 0.114. The molecule has 7 nitrogen and oxygen atoms in total. The molecule has 2 aromatic rings. The monoisotopic (exact) mass is 354 g/mol. The van der Waals surface area contributed by atoms with Crippen LogP contribution in [0.2, 0.25) is 0 Å². The van der Waals surface area contributed by atoms with Gasteiger partial charge in [0.15, 0.2) is 0 Å². The number of hydrogen-bond donors (Lipinski definition) is 2. The summed E-state index contributed by atoms with van der Waals surface area (Å²) >= 11 is 0. The van der Waals surface area contributed by atoms with E-state index in [1.165, 1.54) is 24.3 Å². The summed E-state index contributed by atoms with van der Waals surface area (Å²) in [4.78, 5) is 37.1. The summed E-state index contributed by atoms with van der Waals surface area (Å²) in [6.07, 6.45) is 0.130. The van der Waals surface area contributed by atoms with Crippen molar-refractivity contribution < 1.29 is 24.2 Å². The molecule has 1 heterocycles. The fraction of sp³-hybridized carbons (Fsp3) is 0.211. The summed E-state index contributed by atoms with van der Waals surface area (Å²) in [6, 6.07) is 13.0. The Hall–Kier alpha value is -3.35. The summed E-state index contributed by atoms with van der Waals surface area (Å²) < 4.78 is 5.10. The Labute approximate surface area is 150 Å². The number of methoxy groups -OCH3 is 1. The summed E-state index contributed by atoms with van der Waals surface area (Å²) in [5.41, 5.74) is 1.36. The lowest BCUT2D eigenvalue weighted by Gasteiger charge is -2.17. The molecule has 1 aliphatic rings. The van der Waals surface area contributed by atoms with E-state index in [9.17, 15) is 14.4 Å². The van der Waals surface area contributed by atoms with Crippen LogP contribution >= 0.6 is 0 Å². The molecule has 1 atom stereocenters. The largest absolute Gasteiger partial charge is 0.497 e. The molecule has 1 fully saturated rings. The smallest absolute Gasteiger partial charge is 0.335 e. The number of nitrogens with zero attached hydrogens (tertiary/aromatic N) is 1. The molecule has 1 saturated heterocycles. The van der Waals surface area contributed by atoms with Gasteiger partial charge < -0.3 is 20.1 Å².